The number of carbonyl (C=O) groups excluding carboxylic acids is 3. The number of rotatable bonds is 9. The fraction of sp³-hybridized carbons (Fsp3) is 0.160. The van der Waals surface area contributed by atoms with Gasteiger partial charge in [-0.05, 0) is 55.0 Å². The van der Waals surface area contributed by atoms with Gasteiger partial charge in [0.2, 0.25) is 0 Å². The van der Waals surface area contributed by atoms with Crippen molar-refractivity contribution in [3.63, 3.8) is 0 Å². The molecule has 0 aliphatic rings. The predicted octanol–water partition coefficient (Wildman–Crippen LogP) is 4.93. The minimum atomic E-state index is -0.690. The van der Waals surface area contributed by atoms with Crippen molar-refractivity contribution in [2.75, 3.05) is 19.0 Å². The summed E-state index contributed by atoms with van der Waals surface area (Å²) in [5.41, 5.74) is 2.03. The highest BCUT2D eigenvalue weighted by atomic mass is 35.5. The Labute approximate surface area is 196 Å². The van der Waals surface area contributed by atoms with Crippen LogP contribution in [0.1, 0.15) is 33.2 Å². The molecule has 3 rings (SSSR count). The van der Waals surface area contributed by atoms with Crippen molar-refractivity contribution < 1.29 is 28.6 Å². The number of hydrogen-bond acceptors (Lipinski definition) is 6. The molecule has 0 spiro atoms. The number of nitrogens with one attached hydrogen (secondary N) is 1. The number of benzene rings is 3. The number of anilines is 1. The lowest BCUT2D eigenvalue weighted by Gasteiger charge is -2.12. The first-order valence-electron chi connectivity index (χ1n) is 9.99. The Bertz CT molecular complexity index is 1160. The minimum absolute atomic E-state index is 0.118. The number of methoxy groups -OCH3 is 1. The Hall–Kier alpha value is -3.84. The zero-order valence-electron chi connectivity index (χ0n) is 18.1. The lowest BCUT2D eigenvalue weighted by atomic mass is 10.1. The number of carbonyl (C=O) groups is 3. The largest absolute Gasteiger partial charge is 0.493 e. The molecular weight excluding hydrogens is 446 g/mol. The summed E-state index contributed by atoms with van der Waals surface area (Å²) in [6.45, 7) is 1.24. The number of esters is 1. The summed E-state index contributed by atoms with van der Waals surface area (Å²) >= 11 is 5.88. The van der Waals surface area contributed by atoms with Crippen molar-refractivity contribution >= 4 is 34.9 Å². The normalized spacial score (nSPS) is 10.3. The summed E-state index contributed by atoms with van der Waals surface area (Å²) in [6, 6.07) is 18.3. The Morgan fingerprint density at radius 1 is 0.909 bits per heavy atom. The van der Waals surface area contributed by atoms with Crippen LogP contribution in [0.5, 0.6) is 11.5 Å². The summed E-state index contributed by atoms with van der Waals surface area (Å²) in [5, 5.41) is 3.23. The van der Waals surface area contributed by atoms with Crippen LogP contribution in [0.4, 0.5) is 5.69 Å². The molecule has 0 saturated heterocycles. The molecule has 0 aliphatic carbocycles. The van der Waals surface area contributed by atoms with Gasteiger partial charge in [0.05, 0.1) is 12.7 Å². The van der Waals surface area contributed by atoms with E-state index in [1.807, 2.05) is 12.1 Å². The third-order valence-corrected chi connectivity index (χ3v) is 4.85. The van der Waals surface area contributed by atoms with E-state index in [4.69, 9.17) is 25.8 Å². The van der Waals surface area contributed by atoms with Crippen molar-refractivity contribution in [3.8, 4) is 11.5 Å². The zero-order valence-corrected chi connectivity index (χ0v) is 18.8. The van der Waals surface area contributed by atoms with Crippen LogP contribution in [0, 0.1) is 0 Å². The standard InChI is InChI=1S/C25H22ClNO6/c1-16(28)18-4-3-5-21(12-18)27-24(29)15-33-25(30)19-8-11-22(23(13-19)31-2)32-14-17-6-9-20(26)10-7-17/h3-13H,14-15H2,1-2H3,(H,27,29). The van der Waals surface area contributed by atoms with Crippen LogP contribution in [0.3, 0.4) is 0 Å². The maximum atomic E-state index is 12.4. The molecular formula is C25H22ClNO6. The average molecular weight is 468 g/mol. The molecule has 0 aliphatic heterocycles. The number of hydrogen-bond donors (Lipinski definition) is 1. The topological polar surface area (TPSA) is 90.9 Å². The van der Waals surface area contributed by atoms with Crippen molar-refractivity contribution in [2.45, 2.75) is 13.5 Å². The van der Waals surface area contributed by atoms with E-state index in [9.17, 15) is 14.4 Å². The van der Waals surface area contributed by atoms with E-state index >= 15 is 0 Å². The van der Waals surface area contributed by atoms with Gasteiger partial charge in [0.15, 0.2) is 23.9 Å². The first-order valence-corrected chi connectivity index (χ1v) is 10.4. The van der Waals surface area contributed by atoms with Gasteiger partial charge in [-0.2, -0.15) is 0 Å². The van der Waals surface area contributed by atoms with Crippen LogP contribution in [-0.2, 0) is 16.1 Å². The second-order valence-electron chi connectivity index (χ2n) is 7.04. The third kappa shape index (κ3) is 6.82. The average Bonchev–Trinajstić information content (AvgIpc) is 2.82. The van der Waals surface area contributed by atoms with Gasteiger partial charge < -0.3 is 19.5 Å². The van der Waals surface area contributed by atoms with Crippen LogP contribution < -0.4 is 14.8 Å². The summed E-state index contributed by atoms with van der Waals surface area (Å²) in [7, 11) is 1.46. The van der Waals surface area contributed by atoms with E-state index in [0.29, 0.717) is 34.4 Å². The molecule has 170 valence electrons. The van der Waals surface area contributed by atoms with Crippen molar-refractivity contribution in [3.05, 3.63) is 88.4 Å². The number of ketones is 1. The Balaban J connectivity index is 1.57. The third-order valence-electron chi connectivity index (χ3n) is 4.59. The second kappa shape index (κ2) is 11.2. The van der Waals surface area contributed by atoms with E-state index in [2.05, 4.69) is 5.32 Å². The molecule has 1 N–H and O–H groups in total. The maximum Gasteiger partial charge on any atom is 0.338 e. The molecule has 0 aromatic heterocycles. The molecule has 0 bridgehead atoms. The quantitative estimate of drug-likeness (QED) is 0.354. The highest BCUT2D eigenvalue weighted by Gasteiger charge is 2.15. The van der Waals surface area contributed by atoms with Crippen LogP contribution in [-0.4, -0.2) is 31.4 Å². The van der Waals surface area contributed by atoms with E-state index in [0.717, 1.165) is 5.56 Å². The van der Waals surface area contributed by atoms with Crippen LogP contribution in [0.25, 0.3) is 0 Å². The Kier molecular flexibility index (Phi) is 8.05. The molecule has 0 radical (unpaired) electrons. The Morgan fingerprint density at radius 3 is 2.36 bits per heavy atom. The van der Waals surface area contributed by atoms with Crippen LogP contribution in [0.2, 0.25) is 5.02 Å². The smallest absolute Gasteiger partial charge is 0.338 e. The second-order valence-corrected chi connectivity index (χ2v) is 7.48. The predicted molar refractivity (Wildman–Crippen MR) is 124 cm³/mol. The molecule has 0 saturated carbocycles. The van der Waals surface area contributed by atoms with E-state index < -0.39 is 18.5 Å². The van der Waals surface area contributed by atoms with Gasteiger partial charge in [0, 0.05) is 16.3 Å². The maximum absolute atomic E-state index is 12.4. The van der Waals surface area contributed by atoms with Gasteiger partial charge >= 0.3 is 5.97 Å². The molecule has 1 amide bonds. The number of ether oxygens (including phenoxy) is 3. The van der Waals surface area contributed by atoms with Crippen molar-refractivity contribution in [1.29, 1.82) is 0 Å². The molecule has 3 aromatic rings. The van der Waals surface area contributed by atoms with Gasteiger partial charge in [-0.15, -0.1) is 0 Å². The number of Topliss-reactive ketones (excluding diaryl/α,β-unsaturated/α-hetero) is 1. The number of halogens is 1. The van der Waals surface area contributed by atoms with Gasteiger partial charge in [0.1, 0.15) is 6.61 Å². The van der Waals surface area contributed by atoms with Gasteiger partial charge in [-0.1, -0.05) is 35.9 Å². The minimum Gasteiger partial charge on any atom is -0.493 e. The lowest BCUT2D eigenvalue weighted by Crippen LogP contribution is -2.21. The number of amides is 1. The fourth-order valence-corrected chi connectivity index (χ4v) is 3.01. The summed E-state index contributed by atoms with van der Waals surface area (Å²) in [4.78, 5) is 36.0. The summed E-state index contributed by atoms with van der Waals surface area (Å²) < 4.78 is 16.2. The van der Waals surface area contributed by atoms with Gasteiger partial charge in [-0.3, -0.25) is 9.59 Å². The van der Waals surface area contributed by atoms with Crippen molar-refractivity contribution in [2.24, 2.45) is 0 Å². The van der Waals surface area contributed by atoms with Crippen molar-refractivity contribution in [1.82, 2.24) is 0 Å². The van der Waals surface area contributed by atoms with E-state index in [-0.39, 0.29) is 11.3 Å². The zero-order chi connectivity index (χ0) is 23.8. The van der Waals surface area contributed by atoms with Gasteiger partial charge in [0.25, 0.3) is 5.91 Å². The Morgan fingerprint density at radius 2 is 1.67 bits per heavy atom. The molecule has 8 heteroatoms. The van der Waals surface area contributed by atoms with E-state index in [1.54, 1.807) is 42.5 Å². The monoisotopic (exact) mass is 467 g/mol. The SMILES string of the molecule is COc1cc(C(=O)OCC(=O)Nc2cccc(C(C)=O)c2)ccc1OCc1ccc(Cl)cc1. The molecule has 33 heavy (non-hydrogen) atoms. The van der Waals surface area contributed by atoms with Crippen LogP contribution >= 0.6 is 11.6 Å². The molecule has 3 aromatic carbocycles. The van der Waals surface area contributed by atoms with Gasteiger partial charge in [-0.25, -0.2) is 4.79 Å². The molecule has 0 atom stereocenters. The summed E-state index contributed by atoms with van der Waals surface area (Å²) in [6.07, 6.45) is 0. The van der Waals surface area contributed by atoms with E-state index in [1.165, 1.54) is 26.2 Å². The molecule has 7 nitrogen and oxygen atoms in total. The highest BCUT2D eigenvalue weighted by Crippen LogP contribution is 2.29. The first kappa shape index (κ1) is 23.8. The molecule has 0 heterocycles. The fourth-order valence-electron chi connectivity index (χ4n) is 2.88. The highest BCUT2D eigenvalue weighted by molar-refractivity contribution is 6.30. The van der Waals surface area contributed by atoms with Crippen LogP contribution in [0.15, 0.2) is 66.7 Å². The first-order chi connectivity index (χ1) is 15.9. The molecule has 0 fully saturated rings. The molecule has 0 unspecified atom stereocenters. The lowest BCUT2D eigenvalue weighted by molar-refractivity contribution is -0.119. The summed E-state index contributed by atoms with van der Waals surface area (Å²) in [5.74, 6) is -0.535.